The van der Waals surface area contributed by atoms with Crippen LogP contribution >= 0.6 is 15.6 Å². The van der Waals surface area contributed by atoms with Gasteiger partial charge in [-0.05, 0) is 31.6 Å². The van der Waals surface area contributed by atoms with E-state index in [0.29, 0.717) is 25.7 Å². The van der Waals surface area contributed by atoms with Crippen molar-refractivity contribution >= 4 is 39.5 Å². The molecule has 0 aromatic rings. The molecule has 96 heavy (non-hydrogen) atoms. The molecule has 0 saturated carbocycles. The number of hydrogen-bond donors (Lipinski definition) is 3. The van der Waals surface area contributed by atoms with E-state index in [4.69, 9.17) is 37.0 Å². The SMILES string of the molecule is CCCCCCCCCCCCCCCCCCCCCCCCC(=O)O[C@H](COC(=O)CCCCCCCCCCCCC(C)C)COP(=O)(O)OC[C@@H](O)COP(=O)(O)OC[C@@H](COC(=O)CCCCCCCCCCCC)OC(=O)CCCCCCCCCCCCC. The van der Waals surface area contributed by atoms with Gasteiger partial charge in [0.1, 0.15) is 19.3 Å². The molecule has 2 unspecified atom stereocenters. The van der Waals surface area contributed by atoms with Gasteiger partial charge in [0.2, 0.25) is 0 Å². The molecule has 0 bridgehead atoms. The van der Waals surface area contributed by atoms with Crippen LogP contribution < -0.4 is 0 Å². The smallest absolute Gasteiger partial charge is 0.462 e. The van der Waals surface area contributed by atoms with Gasteiger partial charge < -0.3 is 33.8 Å². The normalized spacial score (nSPS) is 13.9. The van der Waals surface area contributed by atoms with Crippen molar-refractivity contribution < 1.29 is 80.2 Å². The minimum atomic E-state index is -4.96. The third-order valence-corrected chi connectivity index (χ3v) is 19.9. The second-order valence-electron chi connectivity index (χ2n) is 28.2. The molecule has 0 aliphatic carbocycles. The number of phosphoric ester groups is 2. The Bertz CT molecular complexity index is 1840. The minimum absolute atomic E-state index is 0.107. The highest BCUT2D eigenvalue weighted by molar-refractivity contribution is 7.47. The van der Waals surface area contributed by atoms with Crippen LogP contribution in [0.4, 0.5) is 0 Å². The fraction of sp³-hybridized carbons (Fsp3) is 0.948. The van der Waals surface area contributed by atoms with Crippen LogP contribution in [0.15, 0.2) is 0 Å². The van der Waals surface area contributed by atoms with Crippen LogP contribution in [0.3, 0.4) is 0 Å². The van der Waals surface area contributed by atoms with Crippen molar-refractivity contribution in [3.8, 4) is 0 Å². The Morgan fingerprint density at radius 2 is 0.479 bits per heavy atom. The van der Waals surface area contributed by atoms with Gasteiger partial charge in [-0.25, -0.2) is 9.13 Å². The van der Waals surface area contributed by atoms with Gasteiger partial charge in [0.25, 0.3) is 0 Å². The summed E-state index contributed by atoms with van der Waals surface area (Å²) in [5, 5.41) is 10.6. The largest absolute Gasteiger partial charge is 0.472 e. The Balaban J connectivity index is 5.17. The molecular weight excluding hydrogens is 1260 g/mol. The van der Waals surface area contributed by atoms with Gasteiger partial charge in [-0.3, -0.25) is 37.3 Å². The number of ether oxygens (including phenoxy) is 4. The molecule has 0 spiro atoms. The second-order valence-corrected chi connectivity index (χ2v) is 31.1. The summed E-state index contributed by atoms with van der Waals surface area (Å²) < 4.78 is 68.5. The van der Waals surface area contributed by atoms with E-state index in [1.165, 1.54) is 231 Å². The van der Waals surface area contributed by atoms with Crippen molar-refractivity contribution in [2.75, 3.05) is 39.6 Å². The molecule has 0 aromatic carbocycles. The Labute approximate surface area is 588 Å². The van der Waals surface area contributed by atoms with E-state index in [0.717, 1.165) is 95.8 Å². The van der Waals surface area contributed by atoms with Crippen molar-refractivity contribution in [2.45, 2.75) is 425 Å². The summed E-state index contributed by atoms with van der Waals surface area (Å²) in [7, 11) is -9.91. The van der Waals surface area contributed by atoms with Crippen LogP contribution in [-0.4, -0.2) is 96.7 Å². The van der Waals surface area contributed by atoms with E-state index >= 15 is 0 Å². The van der Waals surface area contributed by atoms with Crippen LogP contribution in [0.2, 0.25) is 0 Å². The Kier molecular flexibility index (Phi) is 68.7. The highest BCUT2D eigenvalue weighted by atomic mass is 31.2. The molecule has 0 aliphatic heterocycles. The third kappa shape index (κ3) is 70.5. The first-order valence-electron chi connectivity index (χ1n) is 40.1. The van der Waals surface area contributed by atoms with E-state index < -0.39 is 97.5 Å². The monoisotopic (exact) mass is 1410 g/mol. The van der Waals surface area contributed by atoms with Gasteiger partial charge in [0.05, 0.1) is 26.4 Å². The first-order valence-corrected chi connectivity index (χ1v) is 43.1. The average molecular weight is 1410 g/mol. The predicted octanol–water partition coefficient (Wildman–Crippen LogP) is 22.9. The number of hydrogen-bond acceptors (Lipinski definition) is 15. The summed E-state index contributed by atoms with van der Waals surface area (Å²) in [5.74, 6) is -1.36. The molecular formula is C77H150O17P2. The molecule has 0 aromatic heterocycles. The number of esters is 4. The van der Waals surface area contributed by atoms with Crippen molar-refractivity contribution in [2.24, 2.45) is 5.92 Å². The highest BCUT2D eigenvalue weighted by Crippen LogP contribution is 2.45. The summed E-state index contributed by atoms with van der Waals surface area (Å²) in [4.78, 5) is 72.8. The zero-order chi connectivity index (χ0) is 70.5. The molecule has 0 rings (SSSR count). The van der Waals surface area contributed by atoms with Gasteiger partial charge >= 0.3 is 39.5 Å². The predicted molar refractivity (Wildman–Crippen MR) is 391 cm³/mol. The minimum Gasteiger partial charge on any atom is -0.462 e. The maximum absolute atomic E-state index is 13.1. The van der Waals surface area contributed by atoms with Gasteiger partial charge in [-0.15, -0.1) is 0 Å². The topological polar surface area (TPSA) is 237 Å². The van der Waals surface area contributed by atoms with E-state index in [9.17, 15) is 43.2 Å². The van der Waals surface area contributed by atoms with Crippen LogP contribution in [-0.2, 0) is 65.4 Å². The molecule has 5 atom stereocenters. The number of carbonyl (C=O) groups is 4. The highest BCUT2D eigenvalue weighted by Gasteiger charge is 2.30. The third-order valence-electron chi connectivity index (χ3n) is 18.0. The fourth-order valence-corrected chi connectivity index (χ4v) is 13.5. The van der Waals surface area contributed by atoms with Crippen molar-refractivity contribution in [3.63, 3.8) is 0 Å². The average Bonchev–Trinajstić information content (AvgIpc) is 1.45. The second kappa shape index (κ2) is 70.1. The standard InChI is InChI=1S/C77H150O17P2/c1-6-9-12-15-18-21-24-25-26-27-28-29-30-31-32-33-34-36-43-48-53-58-63-77(82)94-73(67-88-75(80)61-56-51-46-41-38-37-39-44-49-54-59-70(4)5)69-92-96(85,86)90-65-71(78)64-89-95(83,84)91-68-72(66-87-74(79)60-55-50-45-40-23-20-17-14-11-8-3)93-76(81)62-57-52-47-42-35-22-19-16-13-10-7-2/h70-73,78H,6-69H2,1-5H3,(H,83,84)(H,85,86)/t71-,72+,73+/m0/s1. The summed E-state index contributed by atoms with van der Waals surface area (Å²) in [6.45, 7) is 7.27. The molecule has 0 aliphatic rings. The van der Waals surface area contributed by atoms with Crippen LogP contribution in [0.1, 0.15) is 407 Å². The zero-order valence-corrected chi connectivity index (χ0v) is 64.3. The number of unbranched alkanes of at least 4 members (excludes halogenated alkanes) is 49. The molecule has 0 saturated heterocycles. The van der Waals surface area contributed by atoms with Crippen molar-refractivity contribution in [3.05, 3.63) is 0 Å². The van der Waals surface area contributed by atoms with Crippen molar-refractivity contribution in [1.82, 2.24) is 0 Å². The van der Waals surface area contributed by atoms with E-state index in [1.807, 2.05) is 0 Å². The Hall–Kier alpha value is -1.94. The molecule has 19 heteroatoms. The van der Waals surface area contributed by atoms with E-state index in [2.05, 4.69) is 34.6 Å². The van der Waals surface area contributed by atoms with E-state index in [1.54, 1.807) is 0 Å². The molecule has 3 N–H and O–H groups in total. The summed E-state index contributed by atoms with van der Waals surface area (Å²) in [5.41, 5.74) is 0. The Morgan fingerprint density at radius 3 is 0.708 bits per heavy atom. The van der Waals surface area contributed by atoms with Crippen LogP contribution in [0, 0.1) is 5.92 Å². The van der Waals surface area contributed by atoms with Gasteiger partial charge in [0, 0.05) is 25.7 Å². The van der Waals surface area contributed by atoms with E-state index in [-0.39, 0.29) is 25.7 Å². The first kappa shape index (κ1) is 94.1. The molecule has 0 heterocycles. The van der Waals surface area contributed by atoms with Gasteiger partial charge in [0.15, 0.2) is 12.2 Å². The number of aliphatic hydroxyl groups is 1. The number of aliphatic hydroxyl groups excluding tert-OH is 1. The maximum Gasteiger partial charge on any atom is 0.472 e. The number of phosphoric acid groups is 2. The quantitative estimate of drug-likeness (QED) is 0.0222. The fourth-order valence-electron chi connectivity index (χ4n) is 11.9. The van der Waals surface area contributed by atoms with Crippen molar-refractivity contribution in [1.29, 1.82) is 0 Å². The maximum atomic E-state index is 13.1. The van der Waals surface area contributed by atoms with Crippen LogP contribution in [0.25, 0.3) is 0 Å². The van der Waals surface area contributed by atoms with Gasteiger partial charge in [-0.2, -0.15) is 0 Å². The lowest BCUT2D eigenvalue weighted by Crippen LogP contribution is -2.30. The lowest BCUT2D eigenvalue weighted by molar-refractivity contribution is -0.161. The summed E-state index contributed by atoms with van der Waals surface area (Å²) >= 11 is 0. The number of rotatable bonds is 77. The molecule has 17 nitrogen and oxygen atoms in total. The van der Waals surface area contributed by atoms with Crippen LogP contribution in [0.5, 0.6) is 0 Å². The first-order chi connectivity index (χ1) is 46.5. The molecule has 0 fully saturated rings. The lowest BCUT2D eigenvalue weighted by atomic mass is 10.0. The summed E-state index contributed by atoms with van der Waals surface area (Å²) in [6.07, 6.45) is 59.7. The zero-order valence-electron chi connectivity index (χ0n) is 62.5. The molecule has 0 amide bonds. The molecule has 0 radical (unpaired) electrons. The Morgan fingerprint density at radius 1 is 0.281 bits per heavy atom. The number of carbonyl (C=O) groups excluding carboxylic acids is 4. The molecule has 570 valence electrons. The van der Waals surface area contributed by atoms with Gasteiger partial charge in [-0.1, -0.05) is 356 Å². The lowest BCUT2D eigenvalue weighted by Gasteiger charge is -2.21. The summed E-state index contributed by atoms with van der Waals surface area (Å²) in [6, 6.07) is 0.